The highest BCUT2D eigenvalue weighted by Crippen LogP contribution is 2.49. The molecule has 0 saturated heterocycles. The van der Waals surface area contributed by atoms with Gasteiger partial charge in [0.2, 0.25) is 0 Å². The van der Waals surface area contributed by atoms with E-state index in [4.69, 9.17) is 5.73 Å². The normalized spacial score (nSPS) is 29.1. The lowest BCUT2D eigenvalue weighted by molar-refractivity contribution is 0.0786. The van der Waals surface area contributed by atoms with Crippen molar-refractivity contribution in [2.45, 2.75) is 45.7 Å². The molecule has 1 aromatic carbocycles. The molecular formula is C17H27BrN2. The largest absolute Gasteiger partial charge is 0.329 e. The first-order chi connectivity index (χ1) is 9.29. The average molecular weight is 339 g/mol. The van der Waals surface area contributed by atoms with Gasteiger partial charge in [-0.05, 0) is 48.9 Å². The SMILES string of the molecule is CC1CC(C)(C)CC1(CN)N(C)Cc1ccc(Br)cc1. The molecule has 2 N–H and O–H groups in total. The third-order valence-corrected chi connectivity index (χ3v) is 5.54. The molecule has 1 aliphatic rings. The number of benzene rings is 1. The average Bonchev–Trinajstić information content (AvgIpc) is 2.62. The van der Waals surface area contributed by atoms with Crippen LogP contribution in [0.2, 0.25) is 0 Å². The molecule has 2 nitrogen and oxygen atoms in total. The van der Waals surface area contributed by atoms with Crippen LogP contribution in [0.25, 0.3) is 0 Å². The summed E-state index contributed by atoms with van der Waals surface area (Å²) in [4.78, 5) is 2.48. The van der Waals surface area contributed by atoms with E-state index >= 15 is 0 Å². The number of halogens is 1. The Morgan fingerprint density at radius 2 is 1.90 bits per heavy atom. The maximum Gasteiger partial charge on any atom is 0.0362 e. The summed E-state index contributed by atoms with van der Waals surface area (Å²) in [5, 5.41) is 0. The van der Waals surface area contributed by atoms with Gasteiger partial charge in [0.25, 0.3) is 0 Å². The van der Waals surface area contributed by atoms with Gasteiger partial charge in [0.05, 0.1) is 0 Å². The minimum Gasteiger partial charge on any atom is -0.329 e. The van der Waals surface area contributed by atoms with Gasteiger partial charge in [-0.3, -0.25) is 4.90 Å². The van der Waals surface area contributed by atoms with E-state index in [-0.39, 0.29) is 5.54 Å². The summed E-state index contributed by atoms with van der Waals surface area (Å²) in [6.45, 7) is 8.80. The minimum atomic E-state index is 0.135. The highest BCUT2D eigenvalue weighted by Gasteiger charge is 2.49. The van der Waals surface area contributed by atoms with Crippen molar-refractivity contribution in [3.05, 3.63) is 34.3 Å². The van der Waals surface area contributed by atoms with Gasteiger partial charge in [-0.2, -0.15) is 0 Å². The number of hydrogen-bond donors (Lipinski definition) is 1. The quantitative estimate of drug-likeness (QED) is 0.897. The van der Waals surface area contributed by atoms with E-state index in [1.54, 1.807) is 0 Å². The smallest absolute Gasteiger partial charge is 0.0362 e. The molecule has 0 spiro atoms. The maximum atomic E-state index is 6.21. The van der Waals surface area contributed by atoms with Gasteiger partial charge in [0.1, 0.15) is 0 Å². The lowest BCUT2D eigenvalue weighted by Gasteiger charge is -2.42. The molecule has 2 unspecified atom stereocenters. The summed E-state index contributed by atoms with van der Waals surface area (Å²) in [7, 11) is 2.23. The van der Waals surface area contributed by atoms with Crippen molar-refractivity contribution in [3.63, 3.8) is 0 Å². The van der Waals surface area contributed by atoms with Gasteiger partial charge in [-0.1, -0.05) is 48.8 Å². The molecule has 20 heavy (non-hydrogen) atoms. The van der Waals surface area contributed by atoms with Crippen LogP contribution in [0.3, 0.4) is 0 Å². The van der Waals surface area contributed by atoms with E-state index in [1.807, 2.05) is 0 Å². The monoisotopic (exact) mass is 338 g/mol. The van der Waals surface area contributed by atoms with E-state index in [1.165, 1.54) is 18.4 Å². The first-order valence-electron chi connectivity index (χ1n) is 7.45. The molecule has 2 rings (SSSR count). The molecule has 1 aromatic rings. The van der Waals surface area contributed by atoms with Crippen molar-refractivity contribution in [1.82, 2.24) is 4.90 Å². The summed E-state index contributed by atoms with van der Waals surface area (Å²) in [5.74, 6) is 0.642. The lowest BCUT2D eigenvalue weighted by atomic mass is 9.84. The molecular weight excluding hydrogens is 312 g/mol. The first kappa shape index (κ1) is 16.0. The number of likely N-dealkylation sites (N-methyl/N-ethyl adjacent to an activating group) is 1. The van der Waals surface area contributed by atoms with Crippen LogP contribution in [-0.2, 0) is 6.54 Å². The molecule has 1 aliphatic carbocycles. The number of nitrogens with zero attached hydrogens (tertiary/aromatic N) is 1. The van der Waals surface area contributed by atoms with Crippen LogP contribution >= 0.6 is 15.9 Å². The highest BCUT2D eigenvalue weighted by molar-refractivity contribution is 9.10. The van der Waals surface area contributed by atoms with Gasteiger partial charge in [-0.25, -0.2) is 0 Å². The fourth-order valence-electron chi connectivity index (χ4n) is 4.06. The number of rotatable bonds is 4. The summed E-state index contributed by atoms with van der Waals surface area (Å²) in [6.07, 6.45) is 2.44. The third kappa shape index (κ3) is 3.10. The Labute approximate surface area is 131 Å². The maximum absolute atomic E-state index is 6.21. The third-order valence-electron chi connectivity index (χ3n) is 5.01. The predicted molar refractivity (Wildman–Crippen MR) is 89.6 cm³/mol. The first-order valence-corrected chi connectivity index (χ1v) is 8.24. The van der Waals surface area contributed by atoms with Crippen LogP contribution in [0.1, 0.15) is 39.2 Å². The van der Waals surface area contributed by atoms with Crippen molar-refractivity contribution in [2.75, 3.05) is 13.6 Å². The Morgan fingerprint density at radius 3 is 2.35 bits per heavy atom. The molecule has 0 amide bonds. The second kappa shape index (κ2) is 5.78. The Hall–Kier alpha value is -0.380. The molecule has 0 radical (unpaired) electrons. The molecule has 0 heterocycles. The summed E-state index contributed by atoms with van der Waals surface area (Å²) >= 11 is 3.49. The van der Waals surface area contributed by atoms with Crippen molar-refractivity contribution in [1.29, 1.82) is 0 Å². The van der Waals surface area contributed by atoms with Crippen molar-refractivity contribution < 1.29 is 0 Å². The van der Waals surface area contributed by atoms with Gasteiger partial charge in [0, 0.05) is 23.1 Å². The second-order valence-corrected chi connectivity index (χ2v) is 8.15. The van der Waals surface area contributed by atoms with Crippen molar-refractivity contribution in [2.24, 2.45) is 17.1 Å². The van der Waals surface area contributed by atoms with Crippen LogP contribution in [-0.4, -0.2) is 24.0 Å². The molecule has 0 aliphatic heterocycles. The van der Waals surface area contributed by atoms with E-state index in [0.717, 1.165) is 17.6 Å². The van der Waals surface area contributed by atoms with E-state index in [2.05, 4.69) is 72.9 Å². The molecule has 2 atom stereocenters. The zero-order valence-electron chi connectivity index (χ0n) is 13.1. The Balaban J connectivity index is 2.17. The number of hydrogen-bond acceptors (Lipinski definition) is 2. The summed E-state index contributed by atoms with van der Waals surface area (Å²) < 4.78 is 1.13. The minimum absolute atomic E-state index is 0.135. The van der Waals surface area contributed by atoms with Crippen LogP contribution in [0.4, 0.5) is 0 Å². The molecule has 3 heteroatoms. The predicted octanol–water partition coefficient (Wildman–Crippen LogP) is 4.03. The van der Waals surface area contributed by atoms with Gasteiger partial charge < -0.3 is 5.73 Å². The molecule has 1 fully saturated rings. The van der Waals surface area contributed by atoms with E-state index in [0.29, 0.717) is 11.3 Å². The van der Waals surface area contributed by atoms with Crippen LogP contribution in [0.15, 0.2) is 28.7 Å². The topological polar surface area (TPSA) is 29.3 Å². The fraction of sp³-hybridized carbons (Fsp3) is 0.647. The summed E-state index contributed by atoms with van der Waals surface area (Å²) in [5.41, 5.74) is 8.09. The van der Waals surface area contributed by atoms with E-state index < -0.39 is 0 Å². The van der Waals surface area contributed by atoms with Gasteiger partial charge in [-0.15, -0.1) is 0 Å². The molecule has 112 valence electrons. The van der Waals surface area contributed by atoms with E-state index in [9.17, 15) is 0 Å². The Kier molecular flexibility index (Phi) is 4.63. The van der Waals surface area contributed by atoms with Gasteiger partial charge in [0.15, 0.2) is 0 Å². The molecule has 0 aromatic heterocycles. The van der Waals surface area contributed by atoms with Crippen molar-refractivity contribution >= 4 is 15.9 Å². The van der Waals surface area contributed by atoms with Crippen LogP contribution < -0.4 is 5.73 Å². The van der Waals surface area contributed by atoms with Gasteiger partial charge >= 0.3 is 0 Å². The van der Waals surface area contributed by atoms with Crippen LogP contribution in [0.5, 0.6) is 0 Å². The van der Waals surface area contributed by atoms with Crippen LogP contribution in [0, 0.1) is 11.3 Å². The zero-order chi connectivity index (χ0) is 15.0. The standard InChI is InChI=1S/C17H27BrN2/c1-13-9-16(2,3)11-17(13,12-19)20(4)10-14-5-7-15(18)8-6-14/h5-8,13H,9-12,19H2,1-4H3. The Morgan fingerprint density at radius 1 is 1.30 bits per heavy atom. The molecule has 1 saturated carbocycles. The molecule has 0 bridgehead atoms. The highest BCUT2D eigenvalue weighted by atomic mass is 79.9. The second-order valence-electron chi connectivity index (χ2n) is 7.24. The Bertz CT molecular complexity index is 455. The fourth-order valence-corrected chi connectivity index (χ4v) is 4.32. The zero-order valence-corrected chi connectivity index (χ0v) is 14.7. The lowest BCUT2D eigenvalue weighted by Crippen LogP contribution is -2.54. The summed E-state index contributed by atoms with van der Waals surface area (Å²) in [6, 6.07) is 8.60. The number of nitrogens with two attached hydrogens (primary N) is 1. The van der Waals surface area contributed by atoms with Crippen molar-refractivity contribution in [3.8, 4) is 0 Å².